The van der Waals surface area contributed by atoms with Crippen LogP contribution in [0.5, 0.6) is 11.5 Å². The number of rotatable bonds is 5. The summed E-state index contributed by atoms with van der Waals surface area (Å²) in [5.41, 5.74) is 0.819. The number of nitrogens with zero attached hydrogens (tertiary/aromatic N) is 2. The van der Waals surface area contributed by atoms with Crippen molar-refractivity contribution >= 4 is 0 Å². The van der Waals surface area contributed by atoms with E-state index in [1.807, 2.05) is 6.92 Å². The van der Waals surface area contributed by atoms with E-state index in [2.05, 4.69) is 15.5 Å². The number of hydrogen-bond acceptors (Lipinski definition) is 6. The van der Waals surface area contributed by atoms with Crippen molar-refractivity contribution in [3.05, 3.63) is 35.5 Å². The van der Waals surface area contributed by atoms with Gasteiger partial charge in [0.15, 0.2) is 5.82 Å². The zero-order valence-corrected chi connectivity index (χ0v) is 10.9. The lowest BCUT2D eigenvalue weighted by Crippen LogP contribution is -2.21. The van der Waals surface area contributed by atoms with Crippen LogP contribution in [0.4, 0.5) is 0 Å². The molecule has 6 nitrogen and oxygen atoms in total. The molecular formula is C13H17N3O3. The molecule has 0 aliphatic rings. The molecule has 0 amide bonds. The fraction of sp³-hybridized carbons (Fsp3) is 0.385. The molecule has 0 saturated carbocycles. The number of aromatic nitrogens is 2. The van der Waals surface area contributed by atoms with Crippen molar-refractivity contribution in [3.8, 4) is 11.5 Å². The summed E-state index contributed by atoms with van der Waals surface area (Å²) in [6.07, 6.45) is 0.635. The summed E-state index contributed by atoms with van der Waals surface area (Å²) < 4.78 is 5.01. The molecule has 6 heteroatoms. The smallest absolute Gasteiger partial charge is 0.227 e. The van der Waals surface area contributed by atoms with Crippen LogP contribution in [0, 0.1) is 6.92 Å². The summed E-state index contributed by atoms with van der Waals surface area (Å²) >= 11 is 0. The van der Waals surface area contributed by atoms with Crippen molar-refractivity contribution < 1.29 is 14.7 Å². The number of aryl methyl sites for hydroxylation is 1. The van der Waals surface area contributed by atoms with Crippen LogP contribution in [0.1, 0.15) is 30.2 Å². The van der Waals surface area contributed by atoms with Crippen molar-refractivity contribution in [3.63, 3.8) is 0 Å². The quantitative estimate of drug-likeness (QED) is 0.760. The normalized spacial score (nSPS) is 12.5. The number of nitrogens with one attached hydrogen (secondary N) is 1. The molecule has 102 valence electrons. The van der Waals surface area contributed by atoms with E-state index in [1.165, 1.54) is 6.07 Å². The number of phenolic OH excluding ortho intramolecular Hbond substituents is 2. The summed E-state index contributed by atoms with van der Waals surface area (Å²) in [7, 11) is 0. The average Bonchev–Trinajstić information content (AvgIpc) is 2.73. The molecule has 0 radical (unpaired) electrons. The first-order chi connectivity index (χ1) is 9.04. The number of benzene rings is 1. The Morgan fingerprint density at radius 1 is 1.26 bits per heavy atom. The Morgan fingerprint density at radius 2 is 1.95 bits per heavy atom. The lowest BCUT2D eigenvalue weighted by Gasteiger charge is -2.14. The zero-order chi connectivity index (χ0) is 13.8. The Labute approximate surface area is 111 Å². The molecule has 19 heavy (non-hydrogen) atoms. The fourth-order valence-corrected chi connectivity index (χ4v) is 1.82. The van der Waals surface area contributed by atoms with Gasteiger partial charge < -0.3 is 20.1 Å². The fourth-order valence-electron chi connectivity index (χ4n) is 1.82. The zero-order valence-electron chi connectivity index (χ0n) is 10.9. The van der Waals surface area contributed by atoms with Crippen molar-refractivity contribution in [2.45, 2.75) is 26.3 Å². The van der Waals surface area contributed by atoms with Gasteiger partial charge in [0.1, 0.15) is 11.5 Å². The molecule has 0 saturated heterocycles. The van der Waals surface area contributed by atoms with Gasteiger partial charge in [-0.3, -0.25) is 0 Å². The van der Waals surface area contributed by atoms with Gasteiger partial charge >= 0.3 is 0 Å². The third-order valence-corrected chi connectivity index (χ3v) is 2.78. The van der Waals surface area contributed by atoms with Gasteiger partial charge in [-0.05, 0) is 31.5 Å². The molecular weight excluding hydrogens is 246 g/mol. The van der Waals surface area contributed by atoms with Crippen LogP contribution in [0.2, 0.25) is 0 Å². The number of hydrogen-bond donors (Lipinski definition) is 3. The standard InChI is InChI=1S/C13H17N3O3/c1-8(10-5-11(17)7-12(18)6-10)14-4-3-13-15-9(2)16-19-13/h5-8,14,17-18H,3-4H2,1-2H3. The molecule has 0 aliphatic heterocycles. The summed E-state index contributed by atoms with van der Waals surface area (Å²) in [4.78, 5) is 4.11. The van der Waals surface area contributed by atoms with Crippen LogP contribution < -0.4 is 5.32 Å². The second-order valence-electron chi connectivity index (χ2n) is 4.44. The van der Waals surface area contributed by atoms with Crippen molar-refractivity contribution in [1.82, 2.24) is 15.5 Å². The van der Waals surface area contributed by atoms with Crippen LogP contribution >= 0.6 is 0 Å². The van der Waals surface area contributed by atoms with Gasteiger partial charge in [0, 0.05) is 25.1 Å². The third kappa shape index (κ3) is 3.69. The molecule has 2 aromatic rings. The van der Waals surface area contributed by atoms with Gasteiger partial charge in [-0.1, -0.05) is 5.16 Å². The van der Waals surface area contributed by atoms with Crippen LogP contribution in [-0.4, -0.2) is 26.9 Å². The first-order valence-electron chi connectivity index (χ1n) is 6.10. The van der Waals surface area contributed by atoms with E-state index in [4.69, 9.17) is 4.52 Å². The van der Waals surface area contributed by atoms with E-state index < -0.39 is 0 Å². The van der Waals surface area contributed by atoms with Crippen LogP contribution in [0.3, 0.4) is 0 Å². The molecule has 2 rings (SSSR count). The van der Waals surface area contributed by atoms with Gasteiger partial charge in [0.05, 0.1) is 0 Å². The van der Waals surface area contributed by atoms with E-state index in [-0.39, 0.29) is 17.5 Å². The minimum atomic E-state index is 0.00187. The SMILES string of the molecule is Cc1noc(CCNC(C)c2cc(O)cc(O)c2)n1. The number of phenols is 2. The first-order valence-corrected chi connectivity index (χ1v) is 6.10. The Bertz CT molecular complexity index is 534. The predicted molar refractivity (Wildman–Crippen MR) is 68.9 cm³/mol. The van der Waals surface area contributed by atoms with E-state index >= 15 is 0 Å². The van der Waals surface area contributed by atoms with Crippen LogP contribution in [0.15, 0.2) is 22.7 Å². The maximum atomic E-state index is 9.43. The van der Waals surface area contributed by atoms with Gasteiger partial charge in [0.2, 0.25) is 5.89 Å². The monoisotopic (exact) mass is 263 g/mol. The molecule has 0 fully saturated rings. The van der Waals surface area contributed by atoms with Crippen molar-refractivity contribution in [2.75, 3.05) is 6.54 Å². The average molecular weight is 263 g/mol. The van der Waals surface area contributed by atoms with Gasteiger partial charge in [-0.2, -0.15) is 4.98 Å². The van der Waals surface area contributed by atoms with Gasteiger partial charge in [-0.25, -0.2) is 0 Å². The minimum absolute atomic E-state index is 0.00187. The van der Waals surface area contributed by atoms with Crippen LogP contribution in [0.25, 0.3) is 0 Å². The highest BCUT2D eigenvalue weighted by Crippen LogP contribution is 2.24. The Kier molecular flexibility index (Phi) is 4.01. The van der Waals surface area contributed by atoms with E-state index in [9.17, 15) is 10.2 Å². The Hall–Kier alpha value is -2.08. The molecule has 1 unspecified atom stereocenters. The van der Waals surface area contributed by atoms with Crippen LogP contribution in [-0.2, 0) is 6.42 Å². The molecule has 0 spiro atoms. The minimum Gasteiger partial charge on any atom is -0.508 e. The van der Waals surface area contributed by atoms with E-state index in [1.54, 1.807) is 19.1 Å². The van der Waals surface area contributed by atoms with Crippen molar-refractivity contribution in [2.24, 2.45) is 0 Å². The predicted octanol–water partition coefficient (Wildman–Crippen LogP) is 1.68. The largest absolute Gasteiger partial charge is 0.508 e. The molecule has 1 atom stereocenters. The van der Waals surface area contributed by atoms with Gasteiger partial charge in [0.25, 0.3) is 0 Å². The lowest BCUT2D eigenvalue weighted by molar-refractivity contribution is 0.370. The Morgan fingerprint density at radius 3 is 2.53 bits per heavy atom. The van der Waals surface area contributed by atoms with Gasteiger partial charge in [-0.15, -0.1) is 0 Å². The van der Waals surface area contributed by atoms with E-state index in [0.29, 0.717) is 24.7 Å². The molecule has 3 N–H and O–H groups in total. The maximum Gasteiger partial charge on any atom is 0.227 e. The first kappa shape index (κ1) is 13.4. The molecule has 1 aromatic heterocycles. The lowest BCUT2D eigenvalue weighted by atomic mass is 10.1. The third-order valence-electron chi connectivity index (χ3n) is 2.78. The Balaban J connectivity index is 1.88. The molecule has 1 aromatic carbocycles. The number of aromatic hydroxyl groups is 2. The molecule has 1 heterocycles. The highest BCUT2D eigenvalue weighted by Gasteiger charge is 2.08. The highest BCUT2D eigenvalue weighted by atomic mass is 16.5. The summed E-state index contributed by atoms with van der Waals surface area (Å²) in [6, 6.07) is 4.54. The second-order valence-corrected chi connectivity index (χ2v) is 4.44. The molecule has 0 aliphatic carbocycles. The maximum absolute atomic E-state index is 9.43. The summed E-state index contributed by atoms with van der Waals surface area (Å²) in [5.74, 6) is 1.32. The van der Waals surface area contributed by atoms with E-state index in [0.717, 1.165) is 5.56 Å². The van der Waals surface area contributed by atoms with Crippen molar-refractivity contribution in [1.29, 1.82) is 0 Å². The topological polar surface area (TPSA) is 91.4 Å². The second kappa shape index (κ2) is 5.71. The highest BCUT2D eigenvalue weighted by molar-refractivity contribution is 5.37. The molecule has 0 bridgehead atoms. The summed E-state index contributed by atoms with van der Waals surface area (Å²) in [5, 5.41) is 25.8. The summed E-state index contributed by atoms with van der Waals surface area (Å²) in [6.45, 7) is 4.39.